The summed E-state index contributed by atoms with van der Waals surface area (Å²) in [6.45, 7) is 13.0. The fourth-order valence-electron chi connectivity index (χ4n) is 2.96. The number of likely N-dealkylation sites (tertiary alicyclic amines) is 1. The van der Waals surface area contributed by atoms with Gasteiger partial charge in [-0.2, -0.15) is 0 Å². The fourth-order valence-corrected chi connectivity index (χ4v) is 4.76. The van der Waals surface area contributed by atoms with Gasteiger partial charge in [-0.1, -0.05) is 91.6 Å². The van der Waals surface area contributed by atoms with Crippen molar-refractivity contribution in [2.24, 2.45) is 5.92 Å². The topological polar surface area (TPSA) is 3.24 Å². The van der Waals surface area contributed by atoms with E-state index >= 15 is 0 Å². The molecule has 0 aromatic heterocycles. The van der Waals surface area contributed by atoms with E-state index in [1.54, 1.807) is 8.78 Å². The van der Waals surface area contributed by atoms with Crippen molar-refractivity contribution >= 4 is 30.7 Å². The third-order valence-electron chi connectivity index (χ3n) is 4.09. The van der Waals surface area contributed by atoms with Crippen LogP contribution in [0, 0.1) is 5.92 Å². The molecule has 1 saturated heterocycles. The summed E-state index contributed by atoms with van der Waals surface area (Å²) in [7, 11) is -1.22. The van der Waals surface area contributed by atoms with Crippen LogP contribution in [0.4, 0.5) is 0 Å². The Morgan fingerprint density at radius 1 is 1.27 bits per heavy atom. The van der Waals surface area contributed by atoms with Crippen molar-refractivity contribution in [1.29, 1.82) is 0 Å². The second-order valence-electron chi connectivity index (χ2n) is 7.19. The van der Waals surface area contributed by atoms with Gasteiger partial charge in [-0.25, -0.2) is 0 Å². The van der Waals surface area contributed by atoms with Crippen molar-refractivity contribution in [3.05, 3.63) is 56.8 Å². The van der Waals surface area contributed by atoms with E-state index in [2.05, 4.69) is 96.5 Å². The first kappa shape index (κ1) is 18.0. The van der Waals surface area contributed by atoms with Crippen LogP contribution in [0.15, 0.2) is 51.3 Å². The van der Waals surface area contributed by atoms with Crippen LogP contribution in [0.2, 0.25) is 19.6 Å². The zero-order valence-electron chi connectivity index (χ0n) is 14.3. The number of rotatable bonds is 5. The van der Waals surface area contributed by atoms with Crippen molar-refractivity contribution in [1.82, 2.24) is 4.90 Å². The smallest absolute Gasteiger partial charge is 0.0854 e. The fraction of sp³-hybridized carbons (Fsp3) is 0.474. The molecule has 3 heteroatoms. The molecule has 1 aromatic carbocycles. The third kappa shape index (κ3) is 4.80. The first-order valence-corrected chi connectivity index (χ1v) is 12.8. The Bertz CT molecular complexity index is 542. The minimum absolute atomic E-state index is 0.613. The lowest BCUT2D eigenvalue weighted by Crippen LogP contribution is -2.24. The highest BCUT2D eigenvalue weighted by Gasteiger charge is 2.31. The summed E-state index contributed by atoms with van der Waals surface area (Å²) in [4.78, 5) is 2.61. The molecule has 1 heterocycles. The zero-order chi connectivity index (χ0) is 16.2. The summed E-state index contributed by atoms with van der Waals surface area (Å²) >= 11 is 2.64. The number of nitrogens with zero attached hydrogens (tertiary/aromatic N) is 1. The van der Waals surface area contributed by atoms with Crippen LogP contribution in [0.3, 0.4) is 0 Å². The SMILES string of the molecule is CC/C=C/[C@@H]1CN(Cc2ccccc2)C/C1=C(\I)[Si](C)(C)C. The van der Waals surface area contributed by atoms with E-state index in [9.17, 15) is 0 Å². The van der Waals surface area contributed by atoms with Crippen LogP contribution in [0.1, 0.15) is 18.9 Å². The summed E-state index contributed by atoms with van der Waals surface area (Å²) in [6.07, 6.45) is 5.91. The van der Waals surface area contributed by atoms with Crippen molar-refractivity contribution in [3.63, 3.8) is 0 Å². The summed E-state index contributed by atoms with van der Waals surface area (Å²) in [5.74, 6) is 0.613. The van der Waals surface area contributed by atoms with E-state index in [0.29, 0.717) is 5.92 Å². The molecular weight excluding hydrogens is 397 g/mol. The van der Waals surface area contributed by atoms with Crippen LogP contribution in [0.5, 0.6) is 0 Å². The highest BCUT2D eigenvalue weighted by atomic mass is 127. The lowest BCUT2D eigenvalue weighted by atomic mass is 10.0. The molecular formula is C19H28INSi. The predicted octanol–water partition coefficient (Wildman–Crippen LogP) is 5.65. The lowest BCUT2D eigenvalue weighted by Gasteiger charge is -2.20. The Morgan fingerprint density at radius 3 is 2.55 bits per heavy atom. The van der Waals surface area contributed by atoms with Gasteiger partial charge in [0.25, 0.3) is 0 Å². The van der Waals surface area contributed by atoms with Gasteiger partial charge in [-0.05, 0) is 20.8 Å². The van der Waals surface area contributed by atoms with E-state index in [4.69, 9.17) is 0 Å². The molecule has 1 aliphatic heterocycles. The molecule has 0 N–H and O–H groups in total. The normalized spacial score (nSPS) is 22.5. The second kappa shape index (κ2) is 7.93. The van der Waals surface area contributed by atoms with Crippen molar-refractivity contribution in [3.8, 4) is 0 Å². The standard InChI is InChI=1S/C19H28INSi/c1-5-6-12-17-14-21(13-16-10-8-7-9-11-16)15-18(17)19(20)22(2,3)4/h6-12,17H,5,13-15H2,1-4H3/b12-6+,19-18-/t17-/m1/s1. The van der Waals surface area contributed by atoms with Crippen LogP contribution >= 0.6 is 22.6 Å². The molecule has 1 nitrogen and oxygen atoms in total. The number of halogens is 1. The molecule has 0 bridgehead atoms. The van der Waals surface area contributed by atoms with Crippen molar-refractivity contribution in [2.75, 3.05) is 13.1 Å². The average Bonchev–Trinajstić information content (AvgIpc) is 2.87. The molecule has 120 valence electrons. The Morgan fingerprint density at radius 2 is 1.95 bits per heavy atom. The molecule has 0 aliphatic carbocycles. The minimum Gasteiger partial charge on any atom is -0.294 e. The maximum Gasteiger partial charge on any atom is 0.0854 e. The molecule has 0 amide bonds. The number of hydrogen-bond acceptors (Lipinski definition) is 1. The Hall–Kier alpha value is -0.393. The molecule has 1 fully saturated rings. The van der Waals surface area contributed by atoms with Gasteiger partial charge < -0.3 is 0 Å². The van der Waals surface area contributed by atoms with Gasteiger partial charge in [0.2, 0.25) is 0 Å². The number of allylic oxidation sites excluding steroid dienone is 1. The maximum atomic E-state index is 2.64. The van der Waals surface area contributed by atoms with Crippen LogP contribution in [0.25, 0.3) is 0 Å². The summed E-state index contributed by atoms with van der Waals surface area (Å²) in [6, 6.07) is 10.9. The predicted molar refractivity (Wildman–Crippen MR) is 109 cm³/mol. The zero-order valence-corrected chi connectivity index (χ0v) is 17.4. The van der Waals surface area contributed by atoms with Gasteiger partial charge in [0.1, 0.15) is 0 Å². The van der Waals surface area contributed by atoms with Crippen LogP contribution in [-0.2, 0) is 6.54 Å². The number of benzene rings is 1. The third-order valence-corrected chi connectivity index (χ3v) is 11.3. The average molecular weight is 425 g/mol. The van der Waals surface area contributed by atoms with Gasteiger partial charge in [0.15, 0.2) is 0 Å². The molecule has 1 aliphatic rings. The molecule has 1 aromatic rings. The second-order valence-corrected chi connectivity index (χ2v) is 14.3. The van der Waals surface area contributed by atoms with Crippen molar-refractivity contribution < 1.29 is 0 Å². The Kier molecular flexibility index (Phi) is 6.47. The van der Waals surface area contributed by atoms with E-state index in [0.717, 1.165) is 26.1 Å². The molecule has 0 saturated carbocycles. The van der Waals surface area contributed by atoms with Crippen molar-refractivity contribution in [2.45, 2.75) is 39.5 Å². The van der Waals surface area contributed by atoms with Gasteiger partial charge in [0.05, 0.1) is 8.07 Å². The molecule has 0 unspecified atom stereocenters. The highest BCUT2D eigenvalue weighted by Crippen LogP contribution is 2.35. The monoisotopic (exact) mass is 425 g/mol. The lowest BCUT2D eigenvalue weighted by molar-refractivity contribution is 0.327. The first-order chi connectivity index (χ1) is 10.4. The molecule has 0 spiro atoms. The summed E-state index contributed by atoms with van der Waals surface area (Å²) < 4.78 is 1.67. The molecule has 2 rings (SSSR count). The van der Waals surface area contributed by atoms with Crippen LogP contribution < -0.4 is 0 Å². The largest absolute Gasteiger partial charge is 0.294 e. The van der Waals surface area contributed by atoms with E-state index in [-0.39, 0.29) is 0 Å². The van der Waals surface area contributed by atoms with Gasteiger partial charge in [0, 0.05) is 25.6 Å². The Balaban J connectivity index is 2.20. The first-order valence-electron chi connectivity index (χ1n) is 8.23. The Labute approximate surface area is 150 Å². The summed E-state index contributed by atoms with van der Waals surface area (Å²) in [5, 5.41) is 0. The molecule has 22 heavy (non-hydrogen) atoms. The van der Waals surface area contributed by atoms with E-state index < -0.39 is 8.07 Å². The number of hydrogen-bond donors (Lipinski definition) is 0. The highest BCUT2D eigenvalue weighted by molar-refractivity contribution is 14.1. The quantitative estimate of drug-likeness (QED) is 0.335. The van der Waals surface area contributed by atoms with Gasteiger partial charge in [-0.3, -0.25) is 4.90 Å². The van der Waals surface area contributed by atoms with Crippen LogP contribution in [-0.4, -0.2) is 26.1 Å². The van der Waals surface area contributed by atoms with Gasteiger partial charge in [-0.15, -0.1) is 0 Å². The van der Waals surface area contributed by atoms with E-state index in [1.165, 1.54) is 5.56 Å². The minimum atomic E-state index is -1.22. The molecule has 0 radical (unpaired) electrons. The molecule has 1 atom stereocenters. The maximum absolute atomic E-state index is 2.64. The van der Waals surface area contributed by atoms with E-state index in [1.807, 2.05) is 0 Å². The van der Waals surface area contributed by atoms with Gasteiger partial charge >= 0.3 is 0 Å². The summed E-state index contributed by atoms with van der Waals surface area (Å²) in [5.41, 5.74) is 3.10.